The van der Waals surface area contributed by atoms with E-state index in [1.165, 1.54) is 0 Å². The molecule has 64 valence electrons. The monoisotopic (exact) mass is 163 g/mol. The van der Waals surface area contributed by atoms with Gasteiger partial charge in [0.05, 0.1) is 6.61 Å². The molecule has 0 aliphatic carbocycles. The van der Waals surface area contributed by atoms with Crippen LogP contribution in [0.25, 0.3) is 5.88 Å². The van der Waals surface area contributed by atoms with Crippen molar-refractivity contribution in [3.8, 4) is 0 Å². The van der Waals surface area contributed by atoms with Crippen LogP contribution in [0.4, 0.5) is 0 Å². The molecule has 0 radical (unpaired) electrons. The van der Waals surface area contributed by atoms with Crippen LogP contribution in [0.2, 0.25) is 0 Å². The van der Waals surface area contributed by atoms with Crippen LogP contribution in [-0.4, -0.2) is 11.2 Å². The van der Waals surface area contributed by atoms with Gasteiger partial charge < -0.3 is 4.74 Å². The topological polar surface area (TPSA) is 14.2 Å². The summed E-state index contributed by atoms with van der Waals surface area (Å²) in [7, 11) is 0. The van der Waals surface area contributed by atoms with Gasteiger partial charge in [0, 0.05) is 12.4 Å². The summed E-state index contributed by atoms with van der Waals surface area (Å²) in [6.07, 6.45) is 7.42. The van der Waals surface area contributed by atoms with Gasteiger partial charge in [0.15, 0.2) is 5.88 Å². The second kappa shape index (κ2) is 4.44. The van der Waals surface area contributed by atoms with Gasteiger partial charge in [-0.15, -0.1) is 0 Å². The molecule has 0 unspecified atom stereocenters. The number of hydrogen-bond acceptors (Lipinski definition) is 1. The number of rotatable bonds is 4. The van der Waals surface area contributed by atoms with Gasteiger partial charge in [-0.3, -0.25) is 4.57 Å². The van der Waals surface area contributed by atoms with E-state index in [1.807, 2.05) is 42.1 Å². The molecule has 1 heterocycles. The molecule has 0 saturated heterocycles. The molecule has 0 aliphatic rings. The summed E-state index contributed by atoms with van der Waals surface area (Å²) < 4.78 is 7.29. The Morgan fingerprint density at radius 3 is 2.67 bits per heavy atom. The molecular formula is C10H13NO. The maximum atomic E-state index is 5.38. The lowest BCUT2D eigenvalue weighted by molar-refractivity contribution is 0.277. The number of aromatic nitrogens is 1. The van der Waals surface area contributed by atoms with Crippen molar-refractivity contribution in [3.05, 3.63) is 43.3 Å². The molecule has 0 aromatic carbocycles. The Hall–Kier alpha value is -1.44. The van der Waals surface area contributed by atoms with Crippen LogP contribution < -0.4 is 0 Å². The van der Waals surface area contributed by atoms with Crippen LogP contribution >= 0.6 is 0 Å². The van der Waals surface area contributed by atoms with Crippen LogP contribution in [0.3, 0.4) is 0 Å². The lowest BCUT2D eigenvalue weighted by Crippen LogP contribution is -1.97. The van der Waals surface area contributed by atoms with E-state index in [0.717, 1.165) is 5.88 Å². The van der Waals surface area contributed by atoms with Gasteiger partial charge in [0.1, 0.15) is 0 Å². The summed E-state index contributed by atoms with van der Waals surface area (Å²) in [6, 6.07) is 3.91. The molecule has 1 aromatic heterocycles. The second-order valence-corrected chi connectivity index (χ2v) is 2.26. The molecule has 1 aromatic rings. The Kier molecular flexibility index (Phi) is 3.20. The predicted octanol–water partition coefficient (Wildman–Crippen LogP) is 2.51. The third-order valence-electron chi connectivity index (χ3n) is 1.41. The molecular weight excluding hydrogens is 150 g/mol. The van der Waals surface area contributed by atoms with Crippen molar-refractivity contribution in [2.24, 2.45) is 0 Å². The van der Waals surface area contributed by atoms with Gasteiger partial charge >= 0.3 is 0 Å². The molecule has 0 aliphatic heterocycles. The summed E-state index contributed by atoms with van der Waals surface area (Å²) in [5, 5.41) is 0. The Labute approximate surface area is 72.8 Å². The number of nitrogens with zero attached hydrogens (tertiary/aromatic N) is 1. The fourth-order valence-electron chi connectivity index (χ4n) is 0.939. The van der Waals surface area contributed by atoms with Crippen molar-refractivity contribution in [2.75, 3.05) is 6.61 Å². The van der Waals surface area contributed by atoms with E-state index < -0.39 is 0 Å². The molecule has 0 fully saturated rings. The van der Waals surface area contributed by atoms with Gasteiger partial charge in [-0.25, -0.2) is 0 Å². The van der Waals surface area contributed by atoms with Gasteiger partial charge in [0.2, 0.25) is 0 Å². The molecule has 0 saturated carbocycles. The van der Waals surface area contributed by atoms with Gasteiger partial charge in [-0.2, -0.15) is 0 Å². The first kappa shape index (κ1) is 8.65. The first-order valence-corrected chi connectivity index (χ1v) is 3.97. The fraction of sp³-hybridized carbons (Fsp3) is 0.200. The van der Waals surface area contributed by atoms with Gasteiger partial charge in [-0.05, 0) is 25.1 Å². The number of hydrogen-bond donors (Lipinski definition) is 0. The fourth-order valence-corrected chi connectivity index (χ4v) is 0.939. The van der Waals surface area contributed by atoms with E-state index in [-0.39, 0.29) is 0 Å². The average Bonchev–Trinajstić information content (AvgIpc) is 2.56. The largest absolute Gasteiger partial charge is 0.479 e. The molecule has 0 bridgehead atoms. The Bertz CT molecular complexity index is 259. The quantitative estimate of drug-likeness (QED) is 0.491. The maximum Gasteiger partial charge on any atom is 0.197 e. The molecule has 2 nitrogen and oxygen atoms in total. The number of ether oxygens (including phenoxy) is 1. The van der Waals surface area contributed by atoms with E-state index in [9.17, 15) is 0 Å². The van der Waals surface area contributed by atoms with E-state index in [0.29, 0.717) is 6.61 Å². The van der Waals surface area contributed by atoms with E-state index in [1.54, 1.807) is 6.08 Å². The highest BCUT2D eigenvalue weighted by Gasteiger charge is 1.95. The van der Waals surface area contributed by atoms with Crippen molar-refractivity contribution in [2.45, 2.75) is 6.92 Å². The molecule has 2 heteroatoms. The smallest absolute Gasteiger partial charge is 0.197 e. The first-order chi connectivity index (χ1) is 5.88. The van der Waals surface area contributed by atoms with Crippen molar-refractivity contribution < 1.29 is 4.74 Å². The third-order valence-corrected chi connectivity index (χ3v) is 1.41. The molecule has 0 N–H and O–H groups in total. The minimum absolute atomic E-state index is 0.665. The zero-order chi connectivity index (χ0) is 8.81. The Balaban J connectivity index is 2.80. The Morgan fingerprint density at radius 2 is 2.17 bits per heavy atom. The summed E-state index contributed by atoms with van der Waals surface area (Å²) >= 11 is 0. The van der Waals surface area contributed by atoms with Crippen molar-refractivity contribution in [3.63, 3.8) is 0 Å². The summed E-state index contributed by atoms with van der Waals surface area (Å²) in [6.45, 7) is 6.25. The van der Waals surface area contributed by atoms with E-state index >= 15 is 0 Å². The minimum Gasteiger partial charge on any atom is -0.479 e. The van der Waals surface area contributed by atoms with Crippen LogP contribution in [0.1, 0.15) is 6.92 Å². The molecule has 0 atom stereocenters. The van der Waals surface area contributed by atoms with Crippen LogP contribution in [-0.2, 0) is 4.74 Å². The maximum absolute atomic E-state index is 5.38. The van der Waals surface area contributed by atoms with Crippen LogP contribution in [0.15, 0.2) is 43.3 Å². The Morgan fingerprint density at radius 1 is 1.50 bits per heavy atom. The zero-order valence-electron chi connectivity index (χ0n) is 7.23. The van der Waals surface area contributed by atoms with E-state index in [4.69, 9.17) is 4.74 Å². The molecule has 0 spiro atoms. The molecule has 0 amide bonds. The van der Waals surface area contributed by atoms with Gasteiger partial charge in [0.25, 0.3) is 0 Å². The average molecular weight is 163 g/mol. The molecule has 12 heavy (non-hydrogen) atoms. The predicted molar refractivity (Wildman–Crippen MR) is 50.5 cm³/mol. The standard InChI is InChI=1S/C10H13NO/c1-3-7-10(12-4-2)11-8-5-6-9-11/h3,5-9H,1,4H2,2H3/b10-7+. The summed E-state index contributed by atoms with van der Waals surface area (Å²) in [5.74, 6) is 0.803. The van der Waals surface area contributed by atoms with Gasteiger partial charge in [-0.1, -0.05) is 12.7 Å². The first-order valence-electron chi connectivity index (χ1n) is 3.97. The second-order valence-electron chi connectivity index (χ2n) is 2.26. The highest BCUT2D eigenvalue weighted by Crippen LogP contribution is 2.06. The third kappa shape index (κ3) is 2.02. The molecule has 1 rings (SSSR count). The SMILES string of the molecule is C=C/C=C(/OCC)n1cccc1. The lowest BCUT2D eigenvalue weighted by atomic mass is 10.5. The van der Waals surface area contributed by atoms with Crippen LogP contribution in [0, 0.1) is 0 Å². The zero-order valence-corrected chi connectivity index (χ0v) is 7.23. The summed E-state index contributed by atoms with van der Waals surface area (Å²) in [4.78, 5) is 0. The van der Waals surface area contributed by atoms with Crippen molar-refractivity contribution in [1.82, 2.24) is 4.57 Å². The minimum atomic E-state index is 0.665. The normalized spacial score (nSPS) is 11.2. The van der Waals surface area contributed by atoms with E-state index in [2.05, 4.69) is 6.58 Å². The summed E-state index contributed by atoms with van der Waals surface area (Å²) in [5.41, 5.74) is 0. The van der Waals surface area contributed by atoms with Crippen molar-refractivity contribution in [1.29, 1.82) is 0 Å². The van der Waals surface area contributed by atoms with Crippen LogP contribution in [0.5, 0.6) is 0 Å². The number of allylic oxidation sites excluding steroid dienone is 2. The van der Waals surface area contributed by atoms with Crippen molar-refractivity contribution >= 4 is 5.88 Å². The lowest BCUT2D eigenvalue weighted by Gasteiger charge is -2.08. The highest BCUT2D eigenvalue weighted by atomic mass is 16.5. The highest BCUT2D eigenvalue weighted by molar-refractivity contribution is 5.40.